The van der Waals surface area contributed by atoms with Crippen LogP contribution < -0.4 is 0 Å². The molecule has 0 atom stereocenters. The minimum atomic E-state index is -3.98. The molecule has 0 aliphatic carbocycles. The fourth-order valence-corrected chi connectivity index (χ4v) is 3.17. The SMILES string of the molecule is C=C(C)C(=O)OCC(CCC)(COC(=O)C(=C)C)C(=O)OCCCCCCS(=O)(=O)O.[CaH2]. The van der Waals surface area contributed by atoms with E-state index >= 15 is 0 Å². The molecule has 0 aromatic rings. The second kappa shape index (κ2) is 16.6. The number of hydrogen-bond acceptors (Lipinski definition) is 8. The summed E-state index contributed by atoms with van der Waals surface area (Å²) in [5.41, 5.74) is -1.03. The molecule has 0 rings (SSSR count). The van der Waals surface area contributed by atoms with Gasteiger partial charge in [0, 0.05) is 11.1 Å². The second-order valence-corrected chi connectivity index (χ2v) is 9.15. The van der Waals surface area contributed by atoms with E-state index in [2.05, 4.69) is 13.2 Å². The third-order valence-corrected chi connectivity index (χ3v) is 5.15. The van der Waals surface area contributed by atoms with Crippen molar-refractivity contribution in [3.05, 3.63) is 24.3 Å². The fourth-order valence-electron chi connectivity index (χ4n) is 2.60. The van der Waals surface area contributed by atoms with Crippen LogP contribution in [0.4, 0.5) is 0 Å². The van der Waals surface area contributed by atoms with Gasteiger partial charge in [-0.3, -0.25) is 9.35 Å². The Morgan fingerprint density at radius 3 is 1.75 bits per heavy atom. The van der Waals surface area contributed by atoms with E-state index in [4.69, 9.17) is 18.8 Å². The summed E-state index contributed by atoms with van der Waals surface area (Å²) >= 11 is 0. The number of hydrogen-bond donors (Lipinski definition) is 1. The van der Waals surface area contributed by atoms with E-state index in [1.807, 2.05) is 6.92 Å². The van der Waals surface area contributed by atoms with Crippen molar-refractivity contribution in [2.75, 3.05) is 25.6 Å². The Hall–Kier alpha value is -0.940. The van der Waals surface area contributed by atoms with Gasteiger partial charge in [0.1, 0.15) is 18.6 Å². The number of esters is 3. The summed E-state index contributed by atoms with van der Waals surface area (Å²) in [5, 5.41) is 0. The standard InChI is InChI=1S/C21H34O9S.Ca.2H/c1-6-11-21(14-29-18(22)16(2)3,15-30-19(23)17(4)5)20(24)28-12-9-7-8-10-13-31(25,26)27;;;/h2,4,6-15H2,1,3,5H3,(H,25,26,27);;;. The molecule has 182 valence electrons. The Kier molecular flexibility index (Phi) is 17.3. The van der Waals surface area contributed by atoms with Gasteiger partial charge in [0.15, 0.2) is 0 Å². The number of carbonyl (C=O) groups excluding carboxylic acids is 3. The van der Waals surface area contributed by atoms with Crippen LogP contribution in [0.1, 0.15) is 59.3 Å². The molecule has 0 fully saturated rings. The van der Waals surface area contributed by atoms with Gasteiger partial charge in [0.25, 0.3) is 10.1 Å². The van der Waals surface area contributed by atoms with E-state index in [0.717, 1.165) is 0 Å². The first-order valence-corrected chi connectivity index (χ1v) is 11.7. The molecule has 1 N–H and O–H groups in total. The zero-order valence-electron chi connectivity index (χ0n) is 18.6. The Balaban J connectivity index is 0. The summed E-state index contributed by atoms with van der Waals surface area (Å²) in [7, 11) is -3.98. The Morgan fingerprint density at radius 2 is 1.34 bits per heavy atom. The van der Waals surface area contributed by atoms with Crippen molar-refractivity contribution >= 4 is 65.8 Å². The molecule has 11 heteroatoms. The van der Waals surface area contributed by atoms with Crippen molar-refractivity contribution in [3.63, 3.8) is 0 Å². The summed E-state index contributed by atoms with van der Waals surface area (Å²) in [4.78, 5) is 36.6. The van der Waals surface area contributed by atoms with Gasteiger partial charge in [0.2, 0.25) is 0 Å². The van der Waals surface area contributed by atoms with Gasteiger partial charge in [0.05, 0.1) is 12.4 Å². The van der Waals surface area contributed by atoms with Gasteiger partial charge in [-0.05, 0) is 33.1 Å². The van der Waals surface area contributed by atoms with E-state index in [0.29, 0.717) is 32.1 Å². The van der Waals surface area contributed by atoms with E-state index in [9.17, 15) is 22.8 Å². The third-order valence-electron chi connectivity index (χ3n) is 4.35. The molecule has 0 aromatic carbocycles. The Bertz CT molecular complexity index is 729. The summed E-state index contributed by atoms with van der Waals surface area (Å²) in [6.45, 7) is 11.2. The van der Waals surface area contributed by atoms with Crippen molar-refractivity contribution in [2.24, 2.45) is 5.41 Å². The van der Waals surface area contributed by atoms with Gasteiger partial charge in [-0.25, -0.2) is 9.59 Å². The zero-order valence-corrected chi connectivity index (χ0v) is 19.4. The van der Waals surface area contributed by atoms with E-state index < -0.39 is 33.4 Å². The molecule has 0 aliphatic heterocycles. The molecule has 0 saturated heterocycles. The molecule has 0 aromatic heterocycles. The number of ether oxygens (including phenoxy) is 3. The molecule has 0 bridgehead atoms. The second-order valence-electron chi connectivity index (χ2n) is 7.58. The first-order valence-electron chi connectivity index (χ1n) is 10.1. The van der Waals surface area contributed by atoms with Crippen LogP contribution in [0.3, 0.4) is 0 Å². The maximum absolute atomic E-state index is 12.9. The normalized spacial score (nSPS) is 11.1. The van der Waals surface area contributed by atoms with Gasteiger partial charge in [-0.15, -0.1) is 0 Å². The fraction of sp³-hybridized carbons (Fsp3) is 0.667. The average Bonchev–Trinajstić information content (AvgIpc) is 2.67. The molecule has 0 amide bonds. The van der Waals surface area contributed by atoms with Crippen LogP contribution >= 0.6 is 0 Å². The monoisotopic (exact) mass is 504 g/mol. The zero-order chi connectivity index (χ0) is 24.1. The molecule has 0 radical (unpaired) electrons. The molecule has 0 spiro atoms. The molecule has 32 heavy (non-hydrogen) atoms. The van der Waals surface area contributed by atoms with E-state index in [1.54, 1.807) is 0 Å². The van der Waals surface area contributed by atoms with Crippen LogP contribution in [0.5, 0.6) is 0 Å². The minimum absolute atomic E-state index is 0. The summed E-state index contributed by atoms with van der Waals surface area (Å²) in [6.07, 6.45) is 2.73. The number of rotatable bonds is 16. The average molecular weight is 505 g/mol. The van der Waals surface area contributed by atoms with Crippen LogP contribution in [0.15, 0.2) is 24.3 Å². The summed E-state index contributed by atoms with van der Waals surface area (Å²) in [5.74, 6) is -2.30. The van der Waals surface area contributed by atoms with Crippen LogP contribution in [0, 0.1) is 5.41 Å². The first-order chi connectivity index (χ1) is 14.3. The van der Waals surface area contributed by atoms with E-state index in [1.165, 1.54) is 13.8 Å². The molecule has 0 heterocycles. The van der Waals surface area contributed by atoms with Crippen LogP contribution in [0.2, 0.25) is 0 Å². The molecule has 0 aliphatic rings. The third kappa shape index (κ3) is 14.3. The Labute approximate surface area is 220 Å². The van der Waals surface area contributed by atoms with Crippen molar-refractivity contribution in [1.82, 2.24) is 0 Å². The molecule has 0 saturated carbocycles. The van der Waals surface area contributed by atoms with Gasteiger partial charge in [-0.1, -0.05) is 39.3 Å². The maximum atomic E-state index is 12.9. The molecule has 0 unspecified atom stereocenters. The molecular weight excluding hydrogens is 468 g/mol. The predicted molar refractivity (Wildman–Crippen MR) is 123 cm³/mol. The molecular formula is C21H36CaO9S. The van der Waals surface area contributed by atoms with Crippen molar-refractivity contribution in [2.45, 2.75) is 59.3 Å². The van der Waals surface area contributed by atoms with Gasteiger partial charge in [-0.2, -0.15) is 8.42 Å². The number of unbranched alkanes of at least 4 members (excludes halogenated alkanes) is 3. The Morgan fingerprint density at radius 1 is 0.875 bits per heavy atom. The summed E-state index contributed by atoms with van der Waals surface area (Å²) in [6, 6.07) is 0. The van der Waals surface area contributed by atoms with Crippen molar-refractivity contribution in [3.8, 4) is 0 Å². The predicted octanol–water partition coefficient (Wildman–Crippen LogP) is 2.09. The topological polar surface area (TPSA) is 133 Å². The van der Waals surface area contributed by atoms with Gasteiger partial charge >= 0.3 is 55.6 Å². The van der Waals surface area contributed by atoms with E-state index in [-0.39, 0.29) is 80.9 Å². The van der Waals surface area contributed by atoms with Crippen molar-refractivity contribution < 1.29 is 41.6 Å². The molecule has 9 nitrogen and oxygen atoms in total. The van der Waals surface area contributed by atoms with Crippen LogP contribution in [0.25, 0.3) is 0 Å². The van der Waals surface area contributed by atoms with Crippen LogP contribution in [-0.4, -0.2) is 94.2 Å². The van der Waals surface area contributed by atoms with Crippen LogP contribution in [-0.2, 0) is 38.7 Å². The van der Waals surface area contributed by atoms with Gasteiger partial charge < -0.3 is 14.2 Å². The quantitative estimate of drug-likeness (QED) is 0.0837. The number of carbonyl (C=O) groups is 3. The summed E-state index contributed by atoms with van der Waals surface area (Å²) < 4.78 is 45.8. The first kappa shape index (κ1) is 33.2. The van der Waals surface area contributed by atoms with Crippen molar-refractivity contribution in [1.29, 1.82) is 0 Å².